The molecule has 4 bridgehead atoms. The Morgan fingerprint density at radius 1 is 1.16 bits per heavy atom. The molecule has 1 amide bonds. The van der Waals surface area contributed by atoms with E-state index in [4.69, 9.17) is 0 Å². The highest BCUT2D eigenvalue weighted by Gasteiger charge is 2.51. The van der Waals surface area contributed by atoms with Gasteiger partial charge in [-0.3, -0.25) is 4.79 Å². The van der Waals surface area contributed by atoms with Crippen LogP contribution in [0.2, 0.25) is 0 Å². The number of hydrogen-bond donors (Lipinski definition) is 1. The largest absolute Gasteiger partial charge is 0.345 e. The summed E-state index contributed by atoms with van der Waals surface area (Å²) >= 11 is 0. The molecule has 4 rings (SSSR count). The molecule has 3 heteroatoms. The van der Waals surface area contributed by atoms with Crippen molar-refractivity contribution in [2.75, 3.05) is 27.2 Å². The van der Waals surface area contributed by atoms with Crippen molar-refractivity contribution >= 4 is 5.91 Å². The molecule has 4 fully saturated rings. The summed E-state index contributed by atoms with van der Waals surface area (Å²) in [4.78, 5) is 14.1. The third-order valence-electron chi connectivity index (χ3n) is 5.75. The van der Waals surface area contributed by atoms with Gasteiger partial charge in [0.1, 0.15) is 0 Å². The summed E-state index contributed by atoms with van der Waals surface area (Å²) in [7, 11) is 3.92. The van der Waals surface area contributed by atoms with Crippen LogP contribution in [0.4, 0.5) is 0 Å². The van der Waals surface area contributed by atoms with Crippen molar-refractivity contribution in [2.45, 2.75) is 44.9 Å². The number of hydrogen-bond acceptors (Lipinski definition) is 2. The first-order chi connectivity index (χ1) is 9.10. The van der Waals surface area contributed by atoms with Gasteiger partial charge in [0.15, 0.2) is 0 Å². The molecule has 1 N–H and O–H groups in total. The van der Waals surface area contributed by atoms with Crippen LogP contribution in [0.15, 0.2) is 0 Å². The Morgan fingerprint density at radius 3 is 2.16 bits per heavy atom. The van der Waals surface area contributed by atoms with Crippen LogP contribution in [-0.4, -0.2) is 38.0 Å². The van der Waals surface area contributed by atoms with E-state index in [1.54, 1.807) is 0 Å². The summed E-state index contributed by atoms with van der Waals surface area (Å²) in [5.74, 6) is 3.25. The fraction of sp³-hybridized carbons (Fsp3) is 0.938. The number of nitrogens with zero attached hydrogens (tertiary/aromatic N) is 1. The van der Waals surface area contributed by atoms with Crippen molar-refractivity contribution in [3.05, 3.63) is 0 Å². The number of rotatable bonds is 5. The highest BCUT2D eigenvalue weighted by atomic mass is 16.2. The van der Waals surface area contributed by atoms with E-state index < -0.39 is 0 Å². The Labute approximate surface area is 117 Å². The van der Waals surface area contributed by atoms with Crippen LogP contribution in [0, 0.1) is 23.2 Å². The zero-order chi connectivity index (χ0) is 13.5. The van der Waals surface area contributed by atoms with Gasteiger partial charge in [0, 0.05) is 26.6 Å². The maximum absolute atomic E-state index is 12.1. The predicted octanol–water partition coefficient (Wildman–Crippen LogP) is 2.27. The lowest BCUT2D eigenvalue weighted by Gasteiger charge is -2.57. The van der Waals surface area contributed by atoms with Gasteiger partial charge in [-0.2, -0.15) is 0 Å². The molecule has 0 saturated heterocycles. The maximum Gasteiger partial charge on any atom is 0.223 e. The first-order valence-electron chi connectivity index (χ1n) is 7.99. The summed E-state index contributed by atoms with van der Waals surface area (Å²) in [5, 5.41) is 3.07. The monoisotopic (exact) mass is 264 g/mol. The molecular formula is C16H28N2O. The Kier molecular flexibility index (Phi) is 3.59. The fourth-order valence-electron chi connectivity index (χ4n) is 5.50. The Bertz CT molecular complexity index is 317. The van der Waals surface area contributed by atoms with Gasteiger partial charge in [-0.25, -0.2) is 0 Å². The lowest BCUT2D eigenvalue weighted by atomic mass is 9.49. The minimum atomic E-state index is 0.310. The summed E-state index contributed by atoms with van der Waals surface area (Å²) < 4.78 is 0. The molecule has 0 radical (unpaired) electrons. The fourth-order valence-corrected chi connectivity index (χ4v) is 5.50. The minimum Gasteiger partial charge on any atom is -0.345 e. The van der Waals surface area contributed by atoms with Crippen molar-refractivity contribution in [1.29, 1.82) is 0 Å². The van der Waals surface area contributed by atoms with Gasteiger partial charge in [-0.1, -0.05) is 0 Å². The predicted molar refractivity (Wildman–Crippen MR) is 76.8 cm³/mol. The van der Waals surface area contributed by atoms with Crippen LogP contribution >= 0.6 is 0 Å². The van der Waals surface area contributed by atoms with Crippen molar-refractivity contribution < 1.29 is 4.79 Å². The molecule has 4 aliphatic carbocycles. The zero-order valence-corrected chi connectivity index (χ0v) is 12.5. The summed E-state index contributed by atoms with van der Waals surface area (Å²) in [5.41, 5.74) is 0.485. The Balaban J connectivity index is 1.61. The molecule has 0 aromatic heterocycles. The molecule has 0 aromatic carbocycles. The van der Waals surface area contributed by atoms with E-state index in [-0.39, 0.29) is 0 Å². The van der Waals surface area contributed by atoms with Crippen LogP contribution in [-0.2, 0) is 4.79 Å². The van der Waals surface area contributed by atoms with Gasteiger partial charge in [0.25, 0.3) is 0 Å². The molecule has 19 heavy (non-hydrogen) atoms. The van der Waals surface area contributed by atoms with E-state index in [1.165, 1.54) is 38.5 Å². The van der Waals surface area contributed by atoms with Crippen LogP contribution in [0.5, 0.6) is 0 Å². The van der Waals surface area contributed by atoms with Gasteiger partial charge in [-0.05, 0) is 68.7 Å². The van der Waals surface area contributed by atoms with E-state index in [9.17, 15) is 4.79 Å². The third kappa shape index (κ3) is 2.67. The first-order valence-corrected chi connectivity index (χ1v) is 7.99. The molecule has 4 aliphatic rings. The molecule has 0 spiro atoms. The van der Waals surface area contributed by atoms with E-state index in [2.05, 4.69) is 5.32 Å². The lowest BCUT2D eigenvalue weighted by Crippen LogP contribution is -2.51. The third-order valence-corrected chi connectivity index (χ3v) is 5.75. The smallest absolute Gasteiger partial charge is 0.223 e. The normalized spacial score (nSPS) is 39.6. The molecule has 0 aromatic rings. The maximum atomic E-state index is 12.1. The second kappa shape index (κ2) is 5.08. The standard InChI is InChI=1S/C16H28N2O/c1-17-4-3-15(19)18(2)11-16-8-12-5-13(9-16)7-14(6-12)10-16/h12-14,17H,3-11H2,1-2H3. The average molecular weight is 264 g/mol. The molecule has 0 unspecified atom stereocenters. The van der Waals surface area contributed by atoms with Crippen molar-refractivity contribution in [3.63, 3.8) is 0 Å². The topological polar surface area (TPSA) is 32.3 Å². The Morgan fingerprint density at radius 2 is 1.68 bits per heavy atom. The van der Waals surface area contributed by atoms with Gasteiger partial charge in [0.05, 0.1) is 0 Å². The van der Waals surface area contributed by atoms with Crippen molar-refractivity contribution in [1.82, 2.24) is 10.2 Å². The second-order valence-corrected chi connectivity index (χ2v) is 7.52. The highest BCUT2D eigenvalue weighted by Crippen LogP contribution is 2.60. The van der Waals surface area contributed by atoms with Crippen LogP contribution in [0.3, 0.4) is 0 Å². The molecule has 3 nitrogen and oxygen atoms in total. The highest BCUT2D eigenvalue weighted by molar-refractivity contribution is 5.76. The molecular weight excluding hydrogens is 236 g/mol. The zero-order valence-electron chi connectivity index (χ0n) is 12.5. The van der Waals surface area contributed by atoms with Crippen LogP contribution < -0.4 is 5.32 Å². The van der Waals surface area contributed by atoms with E-state index in [1.807, 2.05) is 19.0 Å². The molecule has 108 valence electrons. The van der Waals surface area contributed by atoms with Crippen LogP contribution in [0.25, 0.3) is 0 Å². The number of nitrogens with one attached hydrogen (secondary N) is 1. The van der Waals surface area contributed by atoms with Gasteiger partial charge >= 0.3 is 0 Å². The first kappa shape index (κ1) is 13.4. The molecule has 0 heterocycles. The van der Waals surface area contributed by atoms with E-state index >= 15 is 0 Å². The van der Waals surface area contributed by atoms with Crippen molar-refractivity contribution in [2.24, 2.45) is 23.2 Å². The quantitative estimate of drug-likeness (QED) is 0.826. The van der Waals surface area contributed by atoms with Gasteiger partial charge in [-0.15, -0.1) is 0 Å². The SMILES string of the molecule is CNCCC(=O)N(C)CC12CC3CC(CC(C3)C1)C2. The molecule has 0 aliphatic heterocycles. The number of carbonyl (C=O) groups is 1. The molecule has 0 atom stereocenters. The Hall–Kier alpha value is -0.570. The van der Waals surface area contributed by atoms with Gasteiger partial charge in [0.2, 0.25) is 5.91 Å². The summed E-state index contributed by atoms with van der Waals surface area (Å²) in [6.07, 6.45) is 9.26. The number of carbonyl (C=O) groups excluding carboxylic acids is 1. The van der Waals surface area contributed by atoms with Crippen molar-refractivity contribution in [3.8, 4) is 0 Å². The van der Waals surface area contributed by atoms with Crippen LogP contribution in [0.1, 0.15) is 44.9 Å². The number of amides is 1. The van der Waals surface area contributed by atoms with Gasteiger partial charge < -0.3 is 10.2 Å². The van der Waals surface area contributed by atoms with E-state index in [0.29, 0.717) is 17.7 Å². The van der Waals surface area contributed by atoms with E-state index in [0.717, 1.165) is 30.8 Å². The molecule has 4 saturated carbocycles. The summed E-state index contributed by atoms with van der Waals surface area (Å²) in [6, 6.07) is 0. The second-order valence-electron chi connectivity index (χ2n) is 7.52. The average Bonchev–Trinajstić information content (AvgIpc) is 2.33. The minimum absolute atomic E-state index is 0.310. The summed E-state index contributed by atoms with van der Waals surface area (Å²) in [6.45, 7) is 1.81. The lowest BCUT2D eigenvalue weighted by molar-refractivity contribution is -0.135.